The first-order valence-electron chi connectivity index (χ1n) is 6.95. The standard InChI is InChI=1S/C14H18ClN5O3/c1-9-10(4-5-11(15)16-9)17-14(21)20(2)8-13-18-12(19-23-13)6-7-22-3/h4-5H,6-8H2,1-3H3,(H,17,21). The molecule has 0 aromatic carbocycles. The van der Waals surface area contributed by atoms with Crippen LogP contribution in [0.1, 0.15) is 17.4 Å². The van der Waals surface area contributed by atoms with Crippen LogP contribution in [0.5, 0.6) is 0 Å². The molecule has 0 atom stereocenters. The maximum Gasteiger partial charge on any atom is 0.322 e. The van der Waals surface area contributed by atoms with Crippen molar-refractivity contribution in [3.8, 4) is 0 Å². The van der Waals surface area contributed by atoms with Gasteiger partial charge in [-0.1, -0.05) is 16.8 Å². The second-order valence-electron chi connectivity index (χ2n) is 4.90. The molecule has 0 saturated carbocycles. The number of hydrogen-bond acceptors (Lipinski definition) is 6. The summed E-state index contributed by atoms with van der Waals surface area (Å²) in [5.74, 6) is 0.910. The molecule has 8 nitrogen and oxygen atoms in total. The van der Waals surface area contributed by atoms with Crippen molar-refractivity contribution in [2.75, 3.05) is 26.1 Å². The smallest absolute Gasteiger partial charge is 0.322 e. The van der Waals surface area contributed by atoms with Crippen molar-refractivity contribution in [2.24, 2.45) is 0 Å². The van der Waals surface area contributed by atoms with E-state index in [1.807, 2.05) is 0 Å². The van der Waals surface area contributed by atoms with E-state index in [1.54, 1.807) is 33.2 Å². The van der Waals surface area contributed by atoms with E-state index < -0.39 is 0 Å². The second-order valence-corrected chi connectivity index (χ2v) is 5.29. The van der Waals surface area contributed by atoms with E-state index >= 15 is 0 Å². The van der Waals surface area contributed by atoms with Gasteiger partial charge in [-0.05, 0) is 19.1 Å². The van der Waals surface area contributed by atoms with Gasteiger partial charge in [0.05, 0.1) is 18.0 Å². The van der Waals surface area contributed by atoms with Gasteiger partial charge < -0.3 is 19.5 Å². The highest BCUT2D eigenvalue weighted by Gasteiger charge is 2.15. The average molecular weight is 340 g/mol. The molecular weight excluding hydrogens is 322 g/mol. The summed E-state index contributed by atoms with van der Waals surface area (Å²) >= 11 is 5.79. The first-order valence-corrected chi connectivity index (χ1v) is 7.33. The molecule has 0 radical (unpaired) electrons. The van der Waals surface area contributed by atoms with Gasteiger partial charge in [0.15, 0.2) is 5.82 Å². The lowest BCUT2D eigenvalue weighted by molar-refractivity contribution is 0.199. The Kier molecular flexibility index (Phi) is 5.89. The van der Waals surface area contributed by atoms with Gasteiger partial charge >= 0.3 is 6.03 Å². The number of ether oxygens (including phenoxy) is 1. The van der Waals surface area contributed by atoms with Gasteiger partial charge in [-0.2, -0.15) is 4.98 Å². The minimum absolute atomic E-state index is 0.200. The van der Waals surface area contributed by atoms with Crippen molar-refractivity contribution in [3.63, 3.8) is 0 Å². The van der Waals surface area contributed by atoms with Crippen LogP contribution in [0.25, 0.3) is 0 Å². The highest BCUT2D eigenvalue weighted by molar-refractivity contribution is 6.29. The molecule has 0 aliphatic carbocycles. The van der Waals surface area contributed by atoms with Gasteiger partial charge in [-0.25, -0.2) is 9.78 Å². The summed E-state index contributed by atoms with van der Waals surface area (Å²) < 4.78 is 10.1. The number of nitrogens with one attached hydrogen (secondary N) is 1. The molecule has 0 aliphatic heterocycles. The van der Waals surface area contributed by atoms with Crippen molar-refractivity contribution in [2.45, 2.75) is 19.9 Å². The van der Waals surface area contributed by atoms with Crippen molar-refractivity contribution < 1.29 is 14.1 Å². The lowest BCUT2D eigenvalue weighted by Crippen LogP contribution is -2.31. The van der Waals surface area contributed by atoms with Crippen LogP contribution in [-0.4, -0.2) is 46.8 Å². The Bertz CT molecular complexity index is 676. The summed E-state index contributed by atoms with van der Waals surface area (Å²) in [7, 11) is 3.24. The van der Waals surface area contributed by atoms with Gasteiger partial charge in [0.2, 0.25) is 5.89 Å². The molecule has 0 fully saturated rings. The normalized spacial score (nSPS) is 10.6. The largest absolute Gasteiger partial charge is 0.384 e. The number of methoxy groups -OCH3 is 1. The van der Waals surface area contributed by atoms with Crippen LogP contribution >= 0.6 is 11.6 Å². The number of aromatic nitrogens is 3. The zero-order chi connectivity index (χ0) is 16.8. The number of halogens is 1. The summed E-state index contributed by atoms with van der Waals surface area (Å²) in [4.78, 5) is 21.9. The molecule has 2 aromatic heterocycles. The molecule has 0 unspecified atom stereocenters. The number of nitrogens with zero attached hydrogens (tertiary/aromatic N) is 4. The third-order valence-corrected chi connectivity index (χ3v) is 3.26. The number of carbonyl (C=O) groups excluding carboxylic acids is 1. The lowest BCUT2D eigenvalue weighted by atomic mass is 10.3. The Morgan fingerprint density at radius 1 is 1.43 bits per heavy atom. The number of anilines is 1. The molecule has 23 heavy (non-hydrogen) atoms. The van der Waals surface area contributed by atoms with E-state index in [0.29, 0.717) is 41.3 Å². The number of pyridine rings is 1. The molecule has 9 heteroatoms. The highest BCUT2D eigenvalue weighted by atomic mass is 35.5. The van der Waals surface area contributed by atoms with E-state index in [2.05, 4.69) is 20.4 Å². The third kappa shape index (κ3) is 4.90. The average Bonchev–Trinajstić information content (AvgIpc) is 2.95. The second kappa shape index (κ2) is 7.89. The summed E-state index contributed by atoms with van der Waals surface area (Å²) in [6.45, 7) is 2.48. The first-order chi connectivity index (χ1) is 11.0. The van der Waals surface area contributed by atoms with Crippen LogP contribution in [-0.2, 0) is 17.7 Å². The van der Waals surface area contributed by atoms with Crippen LogP contribution in [0.3, 0.4) is 0 Å². The fourth-order valence-corrected chi connectivity index (χ4v) is 1.99. The Labute approximate surface area is 138 Å². The molecule has 0 saturated heterocycles. The van der Waals surface area contributed by atoms with Crippen molar-refractivity contribution in [1.82, 2.24) is 20.0 Å². The minimum Gasteiger partial charge on any atom is -0.384 e. The number of aryl methyl sites for hydroxylation is 1. The van der Waals surface area contributed by atoms with E-state index in [-0.39, 0.29) is 12.6 Å². The molecule has 0 spiro atoms. The fourth-order valence-electron chi connectivity index (χ4n) is 1.80. The summed E-state index contributed by atoms with van der Waals surface area (Å²) in [6, 6.07) is 3.00. The SMILES string of the molecule is COCCc1noc(CN(C)C(=O)Nc2ccc(Cl)nc2C)n1. The molecule has 124 valence electrons. The molecule has 2 heterocycles. The number of rotatable bonds is 6. The van der Waals surface area contributed by atoms with E-state index in [9.17, 15) is 4.79 Å². The number of carbonyl (C=O) groups is 1. The molecule has 0 aliphatic rings. The van der Waals surface area contributed by atoms with Gasteiger partial charge in [-0.3, -0.25) is 0 Å². The number of amides is 2. The summed E-state index contributed by atoms with van der Waals surface area (Å²) in [5.41, 5.74) is 1.23. The maximum atomic E-state index is 12.2. The van der Waals surface area contributed by atoms with Crippen molar-refractivity contribution >= 4 is 23.3 Å². The summed E-state index contributed by atoms with van der Waals surface area (Å²) in [5, 5.41) is 6.96. The van der Waals surface area contributed by atoms with Crippen LogP contribution in [0.4, 0.5) is 10.5 Å². The topological polar surface area (TPSA) is 93.4 Å². The third-order valence-electron chi connectivity index (χ3n) is 3.05. The Hall–Kier alpha value is -2.19. The molecular formula is C14H18ClN5O3. The van der Waals surface area contributed by atoms with E-state index in [4.69, 9.17) is 20.9 Å². The number of urea groups is 1. The predicted octanol–water partition coefficient (Wildman–Crippen LogP) is 2.28. The first kappa shape index (κ1) is 17.2. The number of hydrogen-bond donors (Lipinski definition) is 1. The minimum atomic E-state index is -0.311. The Morgan fingerprint density at radius 2 is 2.22 bits per heavy atom. The zero-order valence-corrected chi connectivity index (χ0v) is 13.9. The monoisotopic (exact) mass is 339 g/mol. The Balaban J connectivity index is 1.93. The Morgan fingerprint density at radius 3 is 2.91 bits per heavy atom. The van der Waals surface area contributed by atoms with Gasteiger partial charge in [-0.15, -0.1) is 0 Å². The van der Waals surface area contributed by atoms with Gasteiger partial charge in [0, 0.05) is 20.6 Å². The molecule has 2 aromatic rings. The quantitative estimate of drug-likeness (QED) is 0.811. The van der Waals surface area contributed by atoms with Gasteiger partial charge in [0.1, 0.15) is 11.7 Å². The van der Waals surface area contributed by atoms with Crippen molar-refractivity contribution in [3.05, 3.63) is 34.7 Å². The van der Waals surface area contributed by atoms with Gasteiger partial charge in [0.25, 0.3) is 0 Å². The summed E-state index contributed by atoms with van der Waals surface area (Å²) in [6.07, 6.45) is 0.561. The molecule has 1 N–H and O–H groups in total. The van der Waals surface area contributed by atoms with E-state index in [0.717, 1.165) is 0 Å². The molecule has 2 rings (SSSR count). The van der Waals surface area contributed by atoms with E-state index in [1.165, 1.54) is 4.90 Å². The highest BCUT2D eigenvalue weighted by Crippen LogP contribution is 2.16. The zero-order valence-electron chi connectivity index (χ0n) is 13.2. The van der Waals surface area contributed by atoms with Crippen LogP contribution in [0.15, 0.2) is 16.7 Å². The van der Waals surface area contributed by atoms with Crippen LogP contribution < -0.4 is 5.32 Å². The van der Waals surface area contributed by atoms with Crippen LogP contribution in [0, 0.1) is 6.92 Å². The van der Waals surface area contributed by atoms with Crippen molar-refractivity contribution in [1.29, 1.82) is 0 Å². The maximum absolute atomic E-state index is 12.2. The molecule has 0 bridgehead atoms. The lowest BCUT2D eigenvalue weighted by Gasteiger charge is -2.16. The van der Waals surface area contributed by atoms with Crippen LogP contribution in [0.2, 0.25) is 5.15 Å². The fraction of sp³-hybridized carbons (Fsp3) is 0.429. The molecule has 2 amide bonds. The predicted molar refractivity (Wildman–Crippen MR) is 84.3 cm³/mol.